The molecule has 1 amide bonds. The Morgan fingerprint density at radius 3 is 2.94 bits per heavy atom. The van der Waals surface area contributed by atoms with E-state index in [-0.39, 0.29) is 5.91 Å². The Bertz CT molecular complexity index is 425. The van der Waals surface area contributed by atoms with E-state index in [1.807, 2.05) is 13.8 Å². The molecule has 0 unspecified atom stereocenters. The van der Waals surface area contributed by atoms with Crippen LogP contribution in [0.25, 0.3) is 0 Å². The summed E-state index contributed by atoms with van der Waals surface area (Å²) in [5.74, 6) is 1.48. The minimum absolute atomic E-state index is 0.0663. The van der Waals surface area contributed by atoms with E-state index in [2.05, 4.69) is 21.6 Å². The average Bonchev–Trinajstić information content (AvgIpc) is 2.77. The molecule has 0 spiro atoms. The van der Waals surface area contributed by atoms with Crippen LogP contribution in [0.1, 0.15) is 37.6 Å². The van der Waals surface area contributed by atoms with Gasteiger partial charge in [-0.1, -0.05) is 25.2 Å². The fourth-order valence-corrected chi connectivity index (χ4v) is 2.60. The number of rotatable bonds is 7. The van der Waals surface area contributed by atoms with Crippen LogP contribution in [0.3, 0.4) is 0 Å². The fraction of sp³-hybridized carbons (Fsp3) is 0.636. The van der Waals surface area contributed by atoms with Gasteiger partial charge in [-0.25, -0.2) is 0 Å². The first kappa shape index (κ1) is 14.9. The number of nitrogens with one attached hydrogen (secondary N) is 1. The summed E-state index contributed by atoms with van der Waals surface area (Å²) in [7, 11) is 0. The fourth-order valence-electron chi connectivity index (χ4n) is 1.09. The van der Waals surface area contributed by atoms with Crippen LogP contribution in [0.4, 0.5) is 5.13 Å². The van der Waals surface area contributed by atoms with E-state index in [1.165, 1.54) is 23.1 Å². The average molecular weight is 284 g/mol. The van der Waals surface area contributed by atoms with E-state index in [1.54, 1.807) is 0 Å². The molecule has 0 aliphatic carbocycles. The van der Waals surface area contributed by atoms with Gasteiger partial charge in [0, 0.05) is 12.3 Å². The van der Waals surface area contributed by atoms with E-state index in [0.29, 0.717) is 23.2 Å². The van der Waals surface area contributed by atoms with E-state index in [0.717, 1.165) is 17.2 Å². The second kappa shape index (κ2) is 8.06. The molecule has 0 saturated heterocycles. The van der Waals surface area contributed by atoms with Gasteiger partial charge in [-0.05, 0) is 12.2 Å². The number of thioether (sulfide) groups is 1. The molecular formula is C11H16N4OS2. The summed E-state index contributed by atoms with van der Waals surface area (Å²) in [4.78, 5) is 11.6. The zero-order valence-electron chi connectivity index (χ0n) is 10.5. The smallest absolute Gasteiger partial charge is 0.236 e. The number of hydrogen-bond donors (Lipinski definition) is 1. The molecule has 0 saturated carbocycles. The van der Waals surface area contributed by atoms with Crippen molar-refractivity contribution in [1.29, 1.82) is 5.26 Å². The molecule has 1 heterocycles. The van der Waals surface area contributed by atoms with Crippen LogP contribution in [-0.4, -0.2) is 27.6 Å². The minimum Gasteiger partial charge on any atom is -0.300 e. The van der Waals surface area contributed by atoms with Crippen LogP contribution >= 0.6 is 23.1 Å². The largest absolute Gasteiger partial charge is 0.300 e. The van der Waals surface area contributed by atoms with Crippen LogP contribution in [0.15, 0.2) is 0 Å². The van der Waals surface area contributed by atoms with Gasteiger partial charge >= 0.3 is 0 Å². The van der Waals surface area contributed by atoms with Crippen molar-refractivity contribution in [3.63, 3.8) is 0 Å². The summed E-state index contributed by atoms with van der Waals surface area (Å²) in [5.41, 5.74) is 0. The maximum absolute atomic E-state index is 11.6. The van der Waals surface area contributed by atoms with Crippen molar-refractivity contribution in [3.8, 4) is 6.07 Å². The Labute approximate surface area is 115 Å². The Morgan fingerprint density at radius 2 is 2.33 bits per heavy atom. The highest BCUT2D eigenvalue weighted by Crippen LogP contribution is 2.22. The normalized spacial score (nSPS) is 10.3. The van der Waals surface area contributed by atoms with E-state index < -0.39 is 0 Å². The molecule has 0 bridgehead atoms. The first-order chi connectivity index (χ1) is 8.63. The summed E-state index contributed by atoms with van der Waals surface area (Å²) < 4.78 is 0. The zero-order valence-corrected chi connectivity index (χ0v) is 12.1. The van der Waals surface area contributed by atoms with Crippen LogP contribution < -0.4 is 5.32 Å². The topological polar surface area (TPSA) is 78.7 Å². The molecule has 5 nitrogen and oxygen atoms in total. The molecule has 0 radical (unpaired) electrons. The van der Waals surface area contributed by atoms with Crippen molar-refractivity contribution < 1.29 is 4.79 Å². The monoisotopic (exact) mass is 284 g/mol. The van der Waals surface area contributed by atoms with Crippen LogP contribution in [-0.2, 0) is 4.79 Å². The van der Waals surface area contributed by atoms with E-state index >= 15 is 0 Å². The Balaban J connectivity index is 2.25. The summed E-state index contributed by atoms with van der Waals surface area (Å²) in [6.45, 7) is 4.08. The molecule has 1 aromatic heterocycles. The molecule has 1 N–H and O–H groups in total. The molecule has 0 aliphatic rings. The van der Waals surface area contributed by atoms with Gasteiger partial charge in [0.05, 0.1) is 11.8 Å². The quantitative estimate of drug-likeness (QED) is 0.779. The Kier molecular flexibility index (Phi) is 6.68. The number of hydrogen-bond acceptors (Lipinski definition) is 6. The van der Waals surface area contributed by atoms with Crippen LogP contribution in [0, 0.1) is 11.3 Å². The third-order valence-corrected chi connectivity index (χ3v) is 4.17. The lowest BCUT2D eigenvalue weighted by molar-refractivity contribution is -0.113. The van der Waals surface area contributed by atoms with Crippen LogP contribution in [0.2, 0.25) is 0 Å². The van der Waals surface area contributed by atoms with Gasteiger partial charge in [-0.15, -0.1) is 10.2 Å². The maximum Gasteiger partial charge on any atom is 0.236 e. The highest BCUT2D eigenvalue weighted by atomic mass is 32.2. The number of unbranched alkanes of at least 4 members (excludes halogenated alkanes) is 1. The van der Waals surface area contributed by atoms with Crippen molar-refractivity contribution in [2.24, 2.45) is 0 Å². The van der Waals surface area contributed by atoms with Crippen molar-refractivity contribution in [3.05, 3.63) is 5.01 Å². The van der Waals surface area contributed by atoms with Crippen molar-refractivity contribution in [2.75, 3.05) is 16.8 Å². The molecule has 0 fully saturated rings. The number of carbonyl (C=O) groups excluding carboxylic acids is 1. The summed E-state index contributed by atoms with van der Waals surface area (Å²) in [6, 6.07) is 2.08. The Hall–Kier alpha value is -1.13. The van der Waals surface area contributed by atoms with Crippen molar-refractivity contribution >= 4 is 34.1 Å². The number of carbonyl (C=O) groups is 1. The SMILES string of the molecule is CC(C)c1nnc(NC(=O)CSCCCC#N)s1. The first-order valence-electron chi connectivity index (χ1n) is 5.71. The minimum atomic E-state index is -0.0663. The zero-order chi connectivity index (χ0) is 13.4. The number of aromatic nitrogens is 2. The predicted octanol–water partition coefficient (Wildman–Crippen LogP) is 2.64. The third-order valence-electron chi connectivity index (χ3n) is 1.99. The van der Waals surface area contributed by atoms with Gasteiger partial charge in [0.25, 0.3) is 0 Å². The molecule has 7 heteroatoms. The first-order valence-corrected chi connectivity index (χ1v) is 7.68. The molecule has 18 heavy (non-hydrogen) atoms. The molecule has 1 aromatic rings. The van der Waals surface area contributed by atoms with Gasteiger partial charge in [-0.3, -0.25) is 10.1 Å². The van der Waals surface area contributed by atoms with E-state index in [9.17, 15) is 4.79 Å². The van der Waals surface area contributed by atoms with Crippen LogP contribution in [0.5, 0.6) is 0 Å². The van der Waals surface area contributed by atoms with Crippen molar-refractivity contribution in [1.82, 2.24) is 10.2 Å². The standard InChI is InChI=1S/C11H16N4OS2/c1-8(2)10-14-15-11(18-10)13-9(16)7-17-6-4-3-5-12/h8H,3-4,6-7H2,1-2H3,(H,13,15,16). The predicted molar refractivity (Wildman–Crippen MR) is 74.8 cm³/mol. The second-order valence-corrected chi connectivity index (χ2v) is 6.08. The molecule has 0 aliphatic heterocycles. The number of nitrogens with zero attached hydrogens (tertiary/aromatic N) is 3. The van der Waals surface area contributed by atoms with Gasteiger partial charge < -0.3 is 0 Å². The Morgan fingerprint density at radius 1 is 1.56 bits per heavy atom. The molecule has 0 aromatic carbocycles. The van der Waals surface area contributed by atoms with Gasteiger partial charge in [0.2, 0.25) is 11.0 Å². The third kappa shape index (κ3) is 5.47. The molecular weight excluding hydrogens is 268 g/mol. The number of amides is 1. The summed E-state index contributed by atoms with van der Waals surface area (Å²) in [5, 5.41) is 20.5. The van der Waals surface area contributed by atoms with Gasteiger partial charge in [-0.2, -0.15) is 17.0 Å². The lowest BCUT2D eigenvalue weighted by Crippen LogP contribution is -2.14. The molecule has 0 atom stereocenters. The lowest BCUT2D eigenvalue weighted by Gasteiger charge is -2.00. The van der Waals surface area contributed by atoms with Gasteiger partial charge in [0.1, 0.15) is 5.01 Å². The molecule has 98 valence electrons. The number of nitriles is 1. The lowest BCUT2D eigenvalue weighted by atomic mass is 10.2. The van der Waals surface area contributed by atoms with Gasteiger partial charge in [0.15, 0.2) is 0 Å². The maximum atomic E-state index is 11.6. The second-order valence-electron chi connectivity index (χ2n) is 3.96. The van der Waals surface area contributed by atoms with E-state index in [4.69, 9.17) is 5.26 Å². The highest BCUT2D eigenvalue weighted by Gasteiger charge is 2.10. The highest BCUT2D eigenvalue weighted by molar-refractivity contribution is 7.99. The summed E-state index contributed by atoms with van der Waals surface area (Å²) in [6.07, 6.45) is 1.37. The molecule has 1 rings (SSSR count). The number of anilines is 1. The van der Waals surface area contributed by atoms with Crippen molar-refractivity contribution in [2.45, 2.75) is 32.6 Å². The summed E-state index contributed by atoms with van der Waals surface area (Å²) >= 11 is 2.94.